The predicted octanol–water partition coefficient (Wildman–Crippen LogP) is 3.66. The first-order chi connectivity index (χ1) is 8.75. The molecule has 100 valence electrons. The third-order valence-electron chi connectivity index (χ3n) is 3.09. The lowest BCUT2D eigenvalue weighted by atomic mass is 10.1. The molecular formula is C13H18Br2N2O. The van der Waals surface area contributed by atoms with E-state index in [2.05, 4.69) is 42.2 Å². The van der Waals surface area contributed by atoms with Crippen molar-refractivity contribution in [2.45, 2.75) is 38.3 Å². The summed E-state index contributed by atoms with van der Waals surface area (Å²) in [6.45, 7) is 2.71. The zero-order valence-corrected chi connectivity index (χ0v) is 13.5. The van der Waals surface area contributed by atoms with Gasteiger partial charge in [-0.15, -0.1) is 0 Å². The van der Waals surface area contributed by atoms with Crippen molar-refractivity contribution in [3.63, 3.8) is 0 Å². The average Bonchev–Trinajstić information content (AvgIpc) is 2.38. The van der Waals surface area contributed by atoms with Crippen LogP contribution in [0.5, 0.6) is 0 Å². The molecule has 1 N–H and O–H groups in total. The van der Waals surface area contributed by atoms with Gasteiger partial charge >= 0.3 is 0 Å². The summed E-state index contributed by atoms with van der Waals surface area (Å²) in [4.78, 5) is 4.37. The molecular weight excluding hydrogens is 360 g/mol. The largest absolute Gasteiger partial charge is 0.378 e. The lowest BCUT2D eigenvalue weighted by Gasteiger charge is -2.22. The number of rotatable bonds is 5. The van der Waals surface area contributed by atoms with Gasteiger partial charge in [-0.05, 0) is 70.2 Å². The molecule has 0 bridgehead atoms. The van der Waals surface area contributed by atoms with Gasteiger partial charge in [0, 0.05) is 28.3 Å². The molecule has 3 nitrogen and oxygen atoms in total. The van der Waals surface area contributed by atoms with Crippen LogP contribution in [0, 0.1) is 0 Å². The van der Waals surface area contributed by atoms with Crippen molar-refractivity contribution in [2.75, 3.05) is 13.2 Å². The Labute approximate surface area is 125 Å². The van der Waals surface area contributed by atoms with Crippen LogP contribution < -0.4 is 5.32 Å². The van der Waals surface area contributed by atoms with Crippen molar-refractivity contribution < 1.29 is 4.74 Å². The molecule has 5 heteroatoms. The molecule has 0 amide bonds. The standard InChI is InChI=1S/C13H18Br2N2O/c14-10-7-12(15)13(17-8-10)9-16-5-4-11-3-1-2-6-18-11/h7-8,11,16H,1-6,9H2. The highest BCUT2D eigenvalue weighted by molar-refractivity contribution is 9.11. The number of aromatic nitrogens is 1. The minimum atomic E-state index is 0.451. The summed E-state index contributed by atoms with van der Waals surface area (Å²) in [5.41, 5.74) is 1.04. The van der Waals surface area contributed by atoms with Crippen LogP contribution in [-0.2, 0) is 11.3 Å². The van der Waals surface area contributed by atoms with Crippen LogP contribution in [0.2, 0.25) is 0 Å². The lowest BCUT2D eigenvalue weighted by molar-refractivity contribution is 0.0115. The van der Waals surface area contributed by atoms with Gasteiger partial charge in [0.25, 0.3) is 0 Å². The Morgan fingerprint density at radius 2 is 2.28 bits per heavy atom. The van der Waals surface area contributed by atoms with Gasteiger partial charge in [0.05, 0.1) is 11.8 Å². The van der Waals surface area contributed by atoms with Gasteiger partial charge < -0.3 is 10.1 Å². The zero-order valence-electron chi connectivity index (χ0n) is 10.3. The maximum atomic E-state index is 5.70. The van der Waals surface area contributed by atoms with Crippen LogP contribution in [-0.4, -0.2) is 24.2 Å². The second-order valence-corrected chi connectivity index (χ2v) is 6.31. The van der Waals surface area contributed by atoms with E-state index in [1.807, 2.05) is 12.3 Å². The zero-order chi connectivity index (χ0) is 12.8. The first kappa shape index (κ1) is 14.4. The van der Waals surface area contributed by atoms with Crippen molar-refractivity contribution in [3.05, 3.63) is 26.9 Å². The molecule has 0 aromatic carbocycles. The molecule has 0 spiro atoms. The van der Waals surface area contributed by atoms with Crippen molar-refractivity contribution in [1.82, 2.24) is 10.3 Å². The Hall–Kier alpha value is 0.0300. The quantitative estimate of drug-likeness (QED) is 0.795. The van der Waals surface area contributed by atoms with E-state index in [-0.39, 0.29) is 0 Å². The molecule has 2 heterocycles. The smallest absolute Gasteiger partial charge is 0.0684 e. The number of hydrogen-bond acceptors (Lipinski definition) is 3. The summed E-state index contributed by atoms with van der Waals surface area (Å²) >= 11 is 6.92. The van der Waals surface area contributed by atoms with Gasteiger partial charge in [-0.1, -0.05) is 0 Å². The predicted molar refractivity (Wildman–Crippen MR) is 79.6 cm³/mol. The SMILES string of the molecule is Brc1cnc(CNCCC2CCCCO2)c(Br)c1. The van der Waals surface area contributed by atoms with Crippen molar-refractivity contribution in [3.8, 4) is 0 Å². The van der Waals surface area contributed by atoms with Crippen LogP contribution in [0.25, 0.3) is 0 Å². The van der Waals surface area contributed by atoms with Gasteiger partial charge in [0.2, 0.25) is 0 Å². The highest BCUT2D eigenvalue weighted by Gasteiger charge is 2.12. The van der Waals surface area contributed by atoms with Crippen molar-refractivity contribution in [1.29, 1.82) is 0 Å². The van der Waals surface area contributed by atoms with Gasteiger partial charge in [-0.25, -0.2) is 0 Å². The lowest BCUT2D eigenvalue weighted by Crippen LogP contribution is -2.25. The number of ether oxygens (including phenoxy) is 1. The van der Waals surface area contributed by atoms with Gasteiger partial charge in [0.15, 0.2) is 0 Å². The number of nitrogens with zero attached hydrogens (tertiary/aromatic N) is 1. The van der Waals surface area contributed by atoms with Gasteiger partial charge in [0.1, 0.15) is 0 Å². The molecule has 1 aromatic heterocycles. The normalized spacial score (nSPS) is 20.0. The monoisotopic (exact) mass is 376 g/mol. The first-order valence-corrected chi connectivity index (χ1v) is 7.96. The van der Waals surface area contributed by atoms with E-state index in [4.69, 9.17) is 4.74 Å². The van der Waals surface area contributed by atoms with E-state index >= 15 is 0 Å². The molecule has 1 atom stereocenters. The molecule has 1 aromatic rings. The Bertz CT molecular complexity index is 381. The van der Waals surface area contributed by atoms with Crippen LogP contribution in [0.3, 0.4) is 0 Å². The third-order valence-corrected chi connectivity index (χ3v) is 4.21. The van der Waals surface area contributed by atoms with Crippen LogP contribution in [0.15, 0.2) is 21.2 Å². The van der Waals surface area contributed by atoms with Crippen LogP contribution >= 0.6 is 31.9 Å². The summed E-state index contributed by atoms with van der Waals surface area (Å²) in [6, 6.07) is 2.02. The van der Waals surface area contributed by atoms with Gasteiger partial charge in [-0.2, -0.15) is 0 Å². The summed E-state index contributed by atoms with van der Waals surface area (Å²) in [7, 11) is 0. The molecule has 0 saturated carbocycles. The van der Waals surface area contributed by atoms with E-state index in [0.29, 0.717) is 6.10 Å². The van der Waals surface area contributed by atoms with Crippen molar-refractivity contribution >= 4 is 31.9 Å². The van der Waals surface area contributed by atoms with Crippen molar-refractivity contribution in [2.24, 2.45) is 0 Å². The number of hydrogen-bond donors (Lipinski definition) is 1. The first-order valence-electron chi connectivity index (χ1n) is 6.38. The minimum Gasteiger partial charge on any atom is -0.378 e. The second kappa shape index (κ2) is 7.58. The Morgan fingerprint density at radius 1 is 1.39 bits per heavy atom. The summed E-state index contributed by atoms with van der Waals surface area (Å²) in [6.07, 6.45) is 7.11. The Morgan fingerprint density at radius 3 is 3.00 bits per heavy atom. The fourth-order valence-corrected chi connectivity index (χ4v) is 3.21. The number of pyridine rings is 1. The molecule has 1 aliphatic heterocycles. The second-order valence-electron chi connectivity index (χ2n) is 4.54. The van der Waals surface area contributed by atoms with E-state index in [0.717, 1.165) is 40.8 Å². The van der Waals surface area contributed by atoms with Crippen LogP contribution in [0.1, 0.15) is 31.4 Å². The minimum absolute atomic E-state index is 0.451. The van der Waals surface area contributed by atoms with E-state index in [1.165, 1.54) is 19.3 Å². The van der Waals surface area contributed by atoms with E-state index < -0.39 is 0 Å². The fourth-order valence-electron chi connectivity index (χ4n) is 2.08. The molecule has 0 radical (unpaired) electrons. The average molecular weight is 378 g/mol. The molecule has 1 fully saturated rings. The number of halogens is 2. The molecule has 2 rings (SSSR count). The summed E-state index contributed by atoms with van der Waals surface area (Å²) in [5, 5.41) is 3.42. The molecule has 1 unspecified atom stereocenters. The van der Waals surface area contributed by atoms with E-state index in [1.54, 1.807) is 0 Å². The number of nitrogens with one attached hydrogen (secondary N) is 1. The van der Waals surface area contributed by atoms with E-state index in [9.17, 15) is 0 Å². The highest BCUT2D eigenvalue weighted by atomic mass is 79.9. The summed E-state index contributed by atoms with van der Waals surface area (Å²) < 4.78 is 7.73. The van der Waals surface area contributed by atoms with Gasteiger partial charge in [-0.3, -0.25) is 4.98 Å². The fraction of sp³-hybridized carbons (Fsp3) is 0.615. The molecule has 0 aliphatic carbocycles. The molecule has 1 aliphatic rings. The maximum Gasteiger partial charge on any atom is 0.0684 e. The topological polar surface area (TPSA) is 34.2 Å². The molecule has 1 saturated heterocycles. The van der Waals surface area contributed by atoms with Crippen LogP contribution in [0.4, 0.5) is 0 Å². The third kappa shape index (κ3) is 4.61. The summed E-state index contributed by atoms with van der Waals surface area (Å²) in [5.74, 6) is 0. The Balaban J connectivity index is 1.68. The highest BCUT2D eigenvalue weighted by Crippen LogP contribution is 2.19. The maximum absolute atomic E-state index is 5.70. The molecule has 18 heavy (non-hydrogen) atoms. The Kier molecular flexibility index (Phi) is 6.08.